The molecule has 1 atom stereocenters. The maximum Gasteiger partial charge on any atom is 0.251 e. The van der Waals surface area contributed by atoms with E-state index in [-0.39, 0.29) is 17.8 Å². The van der Waals surface area contributed by atoms with Crippen molar-refractivity contribution in [3.8, 4) is 0 Å². The maximum atomic E-state index is 13.1. The van der Waals surface area contributed by atoms with Gasteiger partial charge >= 0.3 is 0 Å². The minimum absolute atomic E-state index is 0.104. The zero-order chi connectivity index (χ0) is 12.4. The fourth-order valence-electron chi connectivity index (χ4n) is 2.13. The molecular formula is C14H18FNO. The van der Waals surface area contributed by atoms with Crippen molar-refractivity contribution in [2.24, 2.45) is 5.92 Å². The number of carbonyl (C=O) groups excluding carboxylic acids is 1. The lowest BCUT2D eigenvalue weighted by molar-refractivity contribution is 0.0909. The van der Waals surface area contributed by atoms with Crippen LogP contribution < -0.4 is 5.32 Å². The van der Waals surface area contributed by atoms with Crippen LogP contribution in [0.1, 0.15) is 42.1 Å². The Hall–Kier alpha value is -1.38. The average Bonchev–Trinajstić information content (AvgIpc) is 2.19. The monoisotopic (exact) mass is 235 g/mol. The first-order valence-corrected chi connectivity index (χ1v) is 6.15. The molecule has 0 saturated heterocycles. The van der Waals surface area contributed by atoms with Crippen LogP contribution in [0, 0.1) is 18.7 Å². The van der Waals surface area contributed by atoms with E-state index in [0.717, 1.165) is 0 Å². The van der Waals surface area contributed by atoms with Crippen LogP contribution in [0.25, 0.3) is 0 Å². The molecule has 3 heteroatoms. The van der Waals surface area contributed by atoms with Crippen LogP contribution in [0.4, 0.5) is 4.39 Å². The highest BCUT2D eigenvalue weighted by Gasteiger charge is 2.25. The van der Waals surface area contributed by atoms with Crippen molar-refractivity contribution < 1.29 is 9.18 Å². The van der Waals surface area contributed by atoms with Crippen molar-refractivity contribution in [1.82, 2.24) is 5.32 Å². The summed E-state index contributed by atoms with van der Waals surface area (Å²) in [5.41, 5.74) is 1.05. The van der Waals surface area contributed by atoms with Crippen molar-refractivity contribution >= 4 is 5.91 Å². The van der Waals surface area contributed by atoms with Crippen molar-refractivity contribution in [3.63, 3.8) is 0 Å². The average molecular weight is 235 g/mol. The van der Waals surface area contributed by atoms with Gasteiger partial charge in [-0.05, 0) is 56.4 Å². The fraction of sp³-hybridized carbons (Fsp3) is 0.500. The van der Waals surface area contributed by atoms with Crippen molar-refractivity contribution in [3.05, 3.63) is 35.1 Å². The summed E-state index contributed by atoms with van der Waals surface area (Å²) in [7, 11) is 0. The first-order chi connectivity index (χ1) is 8.08. The molecule has 92 valence electrons. The fourth-order valence-corrected chi connectivity index (χ4v) is 2.13. The van der Waals surface area contributed by atoms with Gasteiger partial charge in [0.25, 0.3) is 5.91 Å². The molecule has 2 rings (SSSR count). The summed E-state index contributed by atoms with van der Waals surface area (Å²) in [6.07, 6.45) is 3.66. The molecule has 0 bridgehead atoms. The molecule has 2 nitrogen and oxygen atoms in total. The van der Waals surface area contributed by atoms with Gasteiger partial charge in [-0.3, -0.25) is 4.79 Å². The molecule has 1 amide bonds. The van der Waals surface area contributed by atoms with Crippen LogP contribution in [0.3, 0.4) is 0 Å². The predicted molar refractivity (Wildman–Crippen MR) is 65.4 cm³/mol. The van der Waals surface area contributed by atoms with Gasteiger partial charge in [-0.2, -0.15) is 0 Å². The third-order valence-corrected chi connectivity index (χ3v) is 3.64. The Morgan fingerprint density at radius 3 is 2.71 bits per heavy atom. The van der Waals surface area contributed by atoms with E-state index in [4.69, 9.17) is 0 Å². The molecule has 1 aliphatic carbocycles. The summed E-state index contributed by atoms with van der Waals surface area (Å²) in [6, 6.07) is 4.68. The van der Waals surface area contributed by atoms with Crippen LogP contribution in [-0.4, -0.2) is 11.9 Å². The Labute approximate surface area is 101 Å². The van der Waals surface area contributed by atoms with E-state index < -0.39 is 0 Å². The number of hydrogen-bond donors (Lipinski definition) is 1. The molecule has 17 heavy (non-hydrogen) atoms. The Morgan fingerprint density at radius 2 is 2.18 bits per heavy atom. The molecule has 0 radical (unpaired) electrons. The number of amides is 1. The highest BCUT2D eigenvalue weighted by atomic mass is 19.1. The minimum Gasteiger partial charge on any atom is -0.349 e. The Bertz CT molecular complexity index is 426. The van der Waals surface area contributed by atoms with Crippen LogP contribution in [-0.2, 0) is 0 Å². The second kappa shape index (κ2) is 4.86. The molecular weight excluding hydrogens is 217 g/mol. The summed E-state index contributed by atoms with van der Waals surface area (Å²) >= 11 is 0. The maximum absolute atomic E-state index is 13.1. The van der Waals surface area contributed by atoms with E-state index in [0.29, 0.717) is 17.0 Å². The van der Waals surface area contributed by atoms with Gasteiger partial charge in [0.2, 0.25) is 0 Å². The second-order valence-electron chi connectivity index (χ2n) is 4.92. The summed E-state index contributed by atoms with van der Waals surface area (Å²) < 4.78 is 13.1. The molecule has 1 aromatic carbocycles. The van der Waals surface area contributed by atoms with E-state index in [1.54, 1.807) is 13.0 Å². The Balaban J connectivity index is 2.01. The lowest BCUT2D eigenvalue weighted by atomic mass is 9.80. The normalized spacial score (nSPS) is 17.4. The van der Waals surface area contributed by atoms with Gasteiger partial charge in [-0.25, -0.2) is 4.39 Å². The van der Waals surface area contributed by atoms with Crippen molar-refractivity contribution in [2.75, 3.05) is 0 Å². The number of nitrogens with one attached hydrogen (secondary N) is 1. The molecule has 0 aliphatic heterocycles. The summed E-state index contributed by atoms with van der Waals surface area (Å²) in [6.45, 7) is 3.71. The van der Waals surface area contributed by atoms with Gasteiger partial charge < -0.3 is 5.32 Å². The van der Waals surface area contributed by atoms with E-state index in [1.807, 2.05) is 6.92 Å². The summed E-state index contributed by atoms with van der Waals surface area (Å²) in [5, 5.41) is 2.98. The zero-order valence-corrected chi connectivity index (χ0v) is 10.3. The quantitative estimate of drug-likeness (QED) is 0.857. The number of rotatable bonds is 3. The van der Waals surface area contributed by atoms with Crippen LogP contribution >= 0.6 is 0 Å². The van der Waals surface area contributed by atoms with E-state index >= 15 is 0 Å². The largest absolute Gasteiger partial charge is 0.349 e. The second-order valence-corrected chi connectivity index (χ2v) is 4.92. The smallest absolute Gasteiger partial charge is 0.251 e. The van der Waals surface area contributed by atoms with Crippen molar-refractivity contribution in [1.29, 1.82) is 0 Å². The molecule has 1 saturated carbocycles. The van der Waals surface area contributed by atoms with Gasteiger partial charge in [0, 0.05) is 11.6 Å². The summed E-state index contributed by atoms with van der Waals surface area (Å²) in [4.78, 5) is 11.9. The lowest BCUT2D eigenvalue weighted by Crippen LogP contribution is -2.40. The number of hydrogen-bond acceptors (Lipinski definition) is 1. The zero-order valence-electron chi connectivity index (χ0n) is 10.3. The lowest BCUT2D eigenvalue weighted by Gasteiger charge is -2.31. The predicted octanol–water partition coefficient (Wildman–Crippen LogP) is 3.05. The van der Waals surface area contributed by atoms with Crippen LogP contribution in [0.15, 0.2) is 18.2 Å². The third kappa shape index (κ3) is 2.65. The van der Waals surface area contributed by atoms with Gasteiger partial charge in [-0.1, -0.05) is 6.42 Å². The van der Waals surface area contributed by atoms with Gasteiger partial charge in [0.05, 0.1) is 0 Å². The third-order valence-electron chi connectivity index (χ3n) is 3.64. The van der Waals surface area contributed by atoms with E-state index in [9.17, 15) is 9.18 Å². The minimum atomic E-state index is -0.270. The molecule has 1 aliphatic rings. The number of benzene rings is 1. The molecule has 0 spiro atoms. The van der Waals surface area contributed by atoms with Gasteiger partial charge in [0.1, 0.15) is 5.82 Å². The number of carbonyl (C=O) groups is 1. The van der Waals surface area contributed by atoms with Gasteiger partial charge in [-0.15, -0.1) is 0 Å². The molecule has 1 aromatic rings. The van der Waals surface area contributed by atoms with E-state index in [2.05, 4.69) is 5.32 Å². The molecule has 0 aromatic heterocycles. The van der Waals surface area contributed by atoms with Crippen LogP contribution in [0.2, 0.25) is 0 Å². The first kappa shape index (κ1) is 12.1. The number of aryl methyl sites for hydroxylation is 1. The molecule has 0 heterocycles. The SMILES string of the molecule is Cc1cc(C(=O)NC(C)C2CCC2)ccc1F. The molecule has 1 fully saturated rings. The number of halogens is 1. The van der Waals surface area contributed by atoms with Crippen molar-refractivity contribution in [2.45, 2.75) is 39.2 Å². The van der Waals surface area contributed by atoms with Gasteiger partial charge in [0.15, 0.2) is 0 Å². The van der Waals surface area contributed by atoms with E-state index in [1.165, 1.54) is 31.4 Å². The standard InChI is InChI=1S/C14H18FNO/c1-9-8-12(6-7-13(9)15)14(17)16-10(2)11-4-3-5-11/h6-8,10-11H,3-5H2,1-2H3,(H,16,17). The Morgan fingerprint density at radius 1 is 1.47 bits per heavy atom. The summed E-state index contributed by atoms with van der Waals surface area (Å²) in [5.74, 6) is 0.238. The van der Waals surface area contributed by atoms with Crippen LogP contribution in [0.5, 0.6) is 0 Å². The first-order valence-electron chi connectivity index (χ1n) is 6.15. The Kier molecular flexibility index (Phi) is 3.46. The molecule has 1 unspecified atom stereocenters. The highest BCUT2D eigenvalue weighted by Crippen LogP contribution is 2.29. The topological polar surface area (TPSA) is 29.1 Å². The molecule has 1 N–H and O–H groups in total. The highest BCUT2D eigenvalue weighted by molar-refractivity contribution is 5.94.